The molecule has 0 saturated carbocycles. The van der Waals surface area contributed by atoms with Gasteiger partial charge in [-0.05, 0) is 61.5 Å². The lowest BCUT2D eigenvalue weighted by Crippen LogP contribution is -2.15. The highest BCUT2D eigenvalue weighted by molar-refractivity contribution is 6.31. The summed E-state index contributed by atoms with van der Waals surface area (Å²) in [6.07, 6.45) is 0. The molecule has 0 fully saturated rings. The Morgan fingerprint density at radius 3 is 2.17 bits per heavy atom. The Bertz CT molecular complexity index is 1930. The summed E-state index contributed by atoms with van der Waals surface area (Å²) in [7, 11) is 0. The van der Waals surface area contributed by atoms with Gasteiger partial charge in [0.1, 0.15) is 0 Å². The molecule has 0 atom stereocenters. The van der Waals surface area contributed by atoms with E-state index in [1.807, 2.05) is 55.5 Å². The van der Waals surface area contributed by atoms with E-state index in [1.165, 1.54) is 0 Å². The third-order valence-electron chi connectivity index (χ3n) is 6.81. The van der Waals surface area contributed by atoms with Crippen molar-refractivity contribution in [2.75, 3.05) is 10.6 Å². The predicted molar refractivity (Wildman–Crippen MR) is 169 cm³/mol. The van der Waals surface area contributed by atoms with E-state index < -0.39 is 0 Å². The second-order valence-corrected chi connectivity index (χ2v) is 10.3. The van der Waals surface area contributed by atoms with Gasteiger partial charge in [-0.2, -0.15) is 0 Å². The van der Waals surface area contributed by atoms with E-state index >= 15 is 0 Å². The molecule has 0 spiro atoms. The summed E-state index contributed by atoms with van der Waals surface area (Å²) < 4.78 is 0. The molecule has 204 valence electrons. The largest absolute Gasteiger partial charge is 0.324 e. The number of rotatable bonds is 7. The minimum Gasteiger partial charge on any atom is -0.324 e. The number of carbonyl (C=O) groups excluding carboxylic acids is 2. The summed E-state index contributed by atoms with van der Waals surface area (Å²) in [5, 5.41) is 7.52. The molecule has 6 aromatic rings. The quantitative estimate of drug-likeness (QED) is 0.189. The zero-order valence-electron chi connectivity index (χ0n) is 22.6. The van der Waals surface area contributed by atoms with Crippen molar-refractivity contribution < 1.29 is 9.59 Å². The van der Waals surface area contributed by atoms with Crippen LogP contribution < -0.4 is 10.6 Å². The molecule has 6 nitrogen and oxygen atoms in total. The van der Waals surface area contributed by atoms with Crippen LogP contribution in [0.4, 0.5) is 17.3 Å². The van der Waals surface area contributed by atoms with E-state index in [1.54, 1.807) is 66.7 Å². The van der Waals surface area contributed by atoms with Crippen molar-refractivity contribution in [1.82, 2.24) is 9.97 Å². The number of hydrogen-bond acceptors (Lipinski definition) is 5. The maximum absolute atomic E-state index is 13.2. The molecule has 1 amide bonds. The highest BCUT2D eigenvalue weighted by atomic mass is 35.5. The Hall–Kier alpha value is -5.33. The van der Waals surface area contributed by atoms with Gasteiger partial charge in [-0.25, -0.2) is 9.97 Å². The molecular formula is C35H25ClN4O2. The van der Waals surface area contributed by atoms with Crippen molar-refractivity contribution in [1.29, 1.82) is 0 Å². The van der Waals surface area contributed by atoms with E-state index in [-0.39, 0.29) is 11.7 Å². The zero-order valence-corrected chi connectivity index (χ0v) is 23.4. The molecule has 5 aromatic carbocycles. The highest BCUT2D eigenvalue weighted by Crippen LogP contribution is 2.29. The average Bonchev–Trinajstić information content (AvgIpc) is 3.02. The van der Waals surface area contributed by atoms with Gasteiger partial charge in [-0.15, -0.1) is 0 Å². The molecule has 2 N–H and O–H groups in total. The van der Waals surface area contributed by atoms with Crippen LogP contribution in [0.2, 0.25) is 5.02 Å². The van der Waals surface area contributed by atoms with Crippen molar-refractivity contribution in [3.05, 3.63) is 149 Å². The normalized spacial score (nSPS) is 10.8. The van der Waals surface area contributed by atoms with Gasteiger partial charge in [0.05, 0.1) is 16.9 Å². The van der Waals surface area contributed by atoms with Crippen molar-refractivity contribution in [3.8, 4) is 11.3 Å². The molecule has 0 saturated heterocycles. The van der Waals surface area contributed by atoms with Gasteiger partial charge in [-0.1, -0.05) is 83.9 Å². The summed E-state index contributed by atoms with van der Waals surface area (Å²) >= 11 is 6.19. The predicted octanol–water partition coefficient (Wildman–Crippen LogP) is 8.49. The van der Waals surface area contributed by atoms with E-state index in [4.69, 9.17) is 21.6 Å². The fourth-order valence-electron chi connectivity index (χ4n) is 4.70. The molecule has 0 radical (unpaired) electrons. The maximum atomic E-state index is 13.2. The van der Waals surface area contributed by atoms with Gasteiger partial charge in [-0.3, -0.25) is 9.59 Å². The number of hydrogen-bond donors (Lipinski definition) is 2. The second kappa shape index (κ2) is 11.6. The number of amides is 1. The minimum absolute atomic E-state index is 0.228. The van der Waals surface area contributed by atoms with Gasteiger partial charge in [0.2, 0.25) is 5.95 Å². The molecular weight excluding hydrogens is 544 g/mol. The molecule has 42 heavy (non-hydrogen) atoms. The number of nitrogens with zero attached hydrogens (tertiary/aromatic N) is 2. The molecule has 0 bridgehead atoms. The Morgan fingerprint density at radius 1 is 0.714 bits per heavy atom. The average molecular weight is 569 g/mol. The van der Waals surface area contributed by atoms with Gasteiger partial charge in [0.15, 0.2) is 5.78 Å². The lowest BCUT2D eigenvalue weighted by molar-refractivity contribution is 0.102. The van der Waals surface area contributed by atoms with E-state index in [0.29, 0.717) is 33.3 Å². The first-order valence-corrected chi connectivity index (χ1v) is 13.7. The van der Waals surface area contributed by atoms with Crippen LogP contribution in [0.25, 0.3) is 22.2 Å². The fraction of sp³-hybridized carbons (Fsp3) is 0.0286. The fourth-order valence-corrected chi connectivity index (χ4v) is 4.87. The SMILES string of the molecule is Cc1ccc2nc(Nc3ccc(C(=O)Nc4ccc(Cl)cc4C(=O)c4ccccc4)cc3)nc(-c3ccccc3)c2c1. The standard InChI is InChI=1S/C35H25ClN4O2/c1-22-12-18-30-28(20-22)32(23-8-4-2-5-9-23)40-35(39-30)37-27-16-13-25(14-17-27)34(42)38-31-19-15-26(36)21-29(31)33(41)24-10-6-3-7-11-24/h2-21H,1H3,(H,38,42)(H,37,39,40). The summed E-state index contributed by atoms with van der Waals surface area (Å²) in [6, 6.07) is 36.8. The Balaban J connectivity index is 1.24. The number of anilines is 3. The number of fused-ring (bicyclic) bond motifs is 1. The van der Waals surface area contributed by atoms with Crippen LogP contribution in [0.3, 0.4) is 0 Å². The van der Waals surface area contributed by atoms with Crippen LogP contribution in [0.15, 0.2) is 121 Å². The van der Waals surface area contributed by atoms with Crippen molar-refractivity contribution in [2.45, 2.75) is 6.92 Å². The second-order valence-electron chi connectivity index (χ2n) is 9.82. The first-order valence-electron chi connectivity index (χ1n) is 13.4. The maximum Gasteiger partial charge on any atom is 0.255 e. The summed E-state index contributed by atoms with van der Waals surface area (Å²) in [6.45, 7) is 2.05. The van der Waals surface area contributed by atoms with Crippen LogP contribution in [0.5, 0.6) is 0 Å². The minimum atomic E-state index is -0.352. The number of aromatic nitrogens is 2. The Morgan fingerprint density at radius 2 is 1.43 bits per heavy atom. The van der Waals surface area contributed by atoms with Gasteiger partial charge in [0, 0.05) is 38.4 Å². The van der Waals surface area contributed by atoms with Crippen LogP contribution in [0.1, 0.15) is 31.8 Å². The number of halogens is 1. The van der Waals surface area contributed by atoms with Gasteiger partial charge >= 0.3 is 0 Å². The molecule has 0 aliphatic rings. The molecule has 6 rings (SSSR count). The topological polar surface area (TPSA) is 84.0 Å². The smallest absolute Gasteiger partial charge is 0.255 e. The van der Waals surface area contributed by atoms with Gasteiger partial charge in [0.25, 0.3) is 5.91 Å². The van der Waals surface area contributed by atoms with E-state index in [0.717, 1.165) is 33.4 Å². The van der Waals surface area contributed by atoms with E-state index in [9.17, 15) is 9.59 Å². The van der Waals surface area contributed by atoms with Crippen molar-refractivity contribution in [3.63, 3.8) is 0 Å². The number of nitrogens with one attached hydrogen (secondary N) is 2. The third kappa shape index (κ3) is 5.75. The van der Waals surface area contributed by atoms with E-state index in [2.05, 4.69) is 16.7 Å². The lowest BCUT2D eigenvalue weighted by atomic mass is 10.0. The first-order chi connectivity index (χ1) is 20.4. The van der Waals surface area contributed by atoms with Crippen molar-refractivity contribution >= 4 is 51.5 Å². The van der Waals surface area contributed by atoms with Crippen LogP contribution in [0, 0.1) is 6.92 Å². The molecule has 1 heterocycles. The van der Waals surface area contributed by atoms with Crippen LogP contribution in [-0.4, -0.2) is 21.7 Å². The molecule has 0 unspecified atom stereocenters. The summed E-state index contributed by atoms with van der Waals surface area (Å²) in [4.78, 5) is 35.9. The lowest BCUT2D eigenvalue weighted by Gasteiger charge is -2.13. The monoisotopic (exact) mass is 568 g/mol. The molecule has 1 aromatic heterocycles. The number of carbonyl (C=O) groups is 2. The Kier molecular flexibility index (Phi) is 7.45. The number of ketones is 1. The number of aryl methyl sites for hydroxylation is 1. The highest BCUT2D eigenvalue weighted by Gasteiger charge is 2.17. The van der Waals surface area contributed by atoms with Crippen molar-refractivity contribution in [2.24, 2.45) is 0 Å². The Labute approximate surface area is 248 Å². The first kappa shape index (κ1) is 26.9. The molecule has 0 aliphatic heterocycles. The number of benzene rings is 5. The van der Waals surface area contributed by atoms with Crippen LogP contribution in [-0.2, 0) is 0 Å². The summed E-state index contributed by atoms with van der Waals surface area (Å²) in [5.41, 5.74) is 6.16. The van der Waals surface area contributed by atoms with Gasteiger partial charge < -0.3 is 10.6 Å². The molecule has 0 aliphatic carbocycles. The zero-order chi connectivity index (χ0) is 29.1. The van der Waals surface area contributed by atoms with Crippen LogP contribution >= 0.6 is 11.6 Å². The molecule has 7 heteroatoms. The summed E-state index contributed by atoms with van der Waals surface area (Å²) in [5.74, 6) is -0.129. The third-order valence-corrected chi connectivity index (χ3v) is 7.05.